The average Bonchev–Trinajstić information content (AvgIpc) is 2.85. The molecular formula is C25H35N5O3S. The van der Waals surface area contributed by atoms with Crippen molar-refractivity contribution in [1.82, 2.24) is 14.6 Å². The molecule has 4 rings (SSSR count). The van der Waals surface area contributed by atoms with Gasteiger partial charge in [0.1, 0.15) is 4.90 Å². The maximum Gasteiger partial charge on any atom is 0.268 e. The van der Waals surface area contributed by atoms with Gasteiger partial charge in [-0.25, -0.2) is 12.7 Å². The van der Waals surface area contributed by atoms with E-state index in [1.807, 2.05) is 31.2 Å². The molecule has 9 heteroatoms. The highest BCUT2D eigenvalue weighted by Crippen LogP contribution is 2.31. The predicted octanol–water partition coefficient (Wildman–Crippen LogP) is 2.64. The Morgan fingerprint density at radius 1 is 1.06 bits per heavy atom. The van der Waals surface area contributed by atoms with Gasteiger partial charge in [0.2, 0.25) is 5.91 Å². The number of carbonyl (C=O) groups is 1. The smallest absolute Gasteiger partial charge is 0.268 e. The Labute approximate surface area is 203 Å². The summed E-state index contributed by atoms with van der Waals surface area (Å²) in [7, 11) is -3.96. The fourth-order valence-electron chi connectivity index (χ4n) is 4.89. The Morgan fingerprint density at radius 2 is 1.71 bits per heavy atom. The highest BCUT2D eigenvalue weighted by molar-refractivity contribution is 7.89. The lowest BCUT2D eigenvalue weighted by atomic mass is 9.95. The van der Waals surface area contributed by atoms with Gasteiger partial charge in [-0.1, -0.05) is 6.07 Å². The van der Waals surface area contributed by atoms with Crippen LogP contribution in [0.3, 0.4) is 0 Å². The van der Waals surface area contributed by atoms with Crippen LogP contribution in [0.4, 0.5) is 11.4 Å². The highest BCUT2D eigenvalue weighted by Gasteiger charge is 2.32. The van der Waals surface area contributed by atoms with E-state index in [1.165, 1.54) is 6.92 Å². The molecule has 0 radical (unpaired) electrons. The third kappa shape index (κ3) is 5.52. The molecule has 34 heavy (non-hydrogen) atoms. The van der Waals surface area contributed by atoms with Crippen LogP contribution in [0, 0.1) is 12.8 Å². The summed E-state index contributed by atoms with van der Waals surface area (Å²) in [5.41, 5.74) is 2.80. The normalized spacial score (nSPS) is 17.6. The van der Waals surface area contributed by atoms with Gasteiger partial charge >= 0.3 is 0 Å². The molecule has 0 unspecified atom stereocenters. The van der Waals surface area contributed by atoms with Crippen LogP contribution in [0.1, 0.15) is 31.7 Å². The van der Waals surface area contributed by atoms with E-state index in [0.717, 1.165) is 54.6 Å². The number of anilines is 2. The third-order valence-electron chi connectivity index (χ3n) is 6.88. The highest BCUT2D eigenvalue weighted by atomic mass is 32.2. The molecule has 2 saturated heterocycles. The van der Waals surface area contributed by atoms with E-state index in [1.54, 1.807) is 18.5 Å². The topological polar surface area (TPSA) is 85.8 Å². The minimum Gasteiger partial charge on any atom is -0.368 e. The Bertz CT molecular complexity index is 1080. The first-order chi connectivity index (χ1) is 16.4. The molecule has 2 fully saturated rings. The first-order valence-corrected chi connectivity index (χ1v) is 13.5. The summed E-state index contributed by atoms with van der Waals surface area (Å²) in [6.45, 7) is 8.40. The zero-order valence-corrected chi connectivity index (χ0v) is 20.9. The molecule has 184 valence electrons. The fraction of sp³-hybridized carbons (Fsp3) is 0.520. The Hall–Kier alpha value is -2.65. The number of piperazine rings is 1. The Kier molecular flexibility index (Phi) is 7.73. The van der Waals surface area contributed by atoms with Gasteiger partial charge in [0.05, 0.1) is 5.69 Å². The van der Waals surface area contributed by atoms with Crippen LogP contribution in [0.25, 0.3) is 0 Å². The van der Waals surface area contributed by atoms with Gasteiger partial charge in [-0.3, -0.25) is 9.78 Å². The zero-order chi connectivity index (χ0) is 24.1. The number of amides is 1. The number of nitrogens with zero attached hydrogens (tertiary/aromatic N) is 4. The van der Waals surface area contributed by atoms with Crippen LogP contribution in [-0.4, -0.2) is 69.4 Å². The van der Waals surface area contributed by atoms with Gasteiger partial charge in [0.25, 0.3) is 10.0 Å². The molecule has 8 nitrogen and oxygen atoms in total. The molecule has 0 aliphatic carbocycles. The van der Waals surface area contributed by atoms with E-state index < -0.39 is 15.9 Å². The van der Waals surface area contributed by atoms with Crippen molar-refractivity contribution in [3.63, 3.8) is 0 Å². The summed E-state index contributed by atoms with van der Waals surface area (Å²) in [5, 5.41) is 3.33. The summed E-state index contributed by atoms with van der Waals surface area (Å²) in [6.07, 6.45) is 6.30. The van der Waals surface area contributed by atoms with Crippen molar-refractivity contribution in [2.24, 2.45) is 5.92 Å². The molecule has 0 spiro atoms. The van der Waals surface area contributed by atoms with Crippen molar-refractivity contribution in [2.75, 3.05) is 55.6 Å². The Balaban J connectivity index is 1.54. The summed E-state index contributed by atoms with van der Waals surface area (Å²) in [4.78, 5) is 21.2. The first-order valence-electron chi connectivity index (χ1n) is 12.1. The summed E-state index contributed by atoms with van der Waals surface area (Å²) in [6, 6.07) is 9.39. The van der Waals surface area contributed by atoms with Gasteiger partial charge < -0.3 is 15.1 Å². The molecule has 1 aromatic heterocycles. The quantitative estimate of drug-likeness (QED) is 0.645. The van der Waals surface area contributed by atoms with Crippen molar-refractivity contribution in [1.29, 1.82) is 0 Å². The number of aryl methyl sites for hydroxylation is 1. The molecule has 1 aromatic carbocycles. The lowest BCUT2D eigenvalue weighted by Gasteiger charge is -2.38. The molecule has 0 saturated carbocycles. The third-order valence-corrected chi connectivity index (χ3v) is 8.80. The van der Waals surface area contributed by atoms with Crippen LogP contribution in [-0.2, 0) is 14.8 Å². The summed E-state index contributed by atoms with van der Waals surface area (Å²) < 4.78 is 28.6. The molecular weight excluding hydrogens is 450 g/mol. The summed E-state index contributed by atoms with van der Waals surface area (Å²) >= 11 is 0. The SMILES string of the molecule is CC(=O)N(CCC1CCNCC1)S(=O)(=O)c1ccc(C)cc1N1CCN(c2ccncc2)CC1. The maximum absolute atomic E-state index is 13.8. The van der Waals surface area contributed by atoms with Gasteiger partial charge in [-0.15, -0.1) is 0 Å². The predicted molar refractivity (Wildman–Crippen MR) is 135 cm³/mol. The number of benzene rings is 1. The van der Waals surface area contributed by atoms with Crippen LogP contribution < -0.4 is 15.1 Å². The Morgan fingerprint density at radius 3 is 2.35 bits per heavy atom. The second-order valence-electron chi connectivity index (χ2n) is 9.23. The number of pyridine rings is 1. The standard InChI is InChI=1S/C25H35N5O3S/c1-20-3-4-25(34(32,33)30(21(2)31)14-9-22-5-10-26-11-6-22)24(19-20)29-17-15-28(16-18-29)23-7-12-27-13-8-23/h3-4,7-8,12-13,19,22,26H,5-6,9-11,14-18H2,1-2H3. The van der Waals surface area contributed by atoms with E-state index in [-0.39, 0.29) is 11.4 Å². The van der Waals surface area contributed by atoms with Gasteiger partial charge in [0.15, 0.2) is 0 Å². The summed E-state index contributed by atoms with van der Waals surface area (Å²) in [5.74, 6) is 0.0139. The van der Waals surface area contributed by atoms with Gasteiger partial charge in [0, 0.05) is 57.7 Å². The number of aromatic nitrogens is 1. The second kappa shape index (κ2) is 10.7. The number of hydrogen-bond acceptors (Lipinski definition) is 7. The molecule has 1 N–H and O–H groups in total. The number of rotatable bonds is 7. The molecule has 2 aromatic rings. The van der Waals surface area contributed by atoms with Crippen LogP contribution in [0.2, 0.25) is 0 Å². The van der Waals surface area contributed by atoms with Crippen molar-refractivity contribution in [3.8, 4) is 0 Å². The second-order valence-corrected chi connectivity index (χ2v) is 11.1. The lowest BCUT2D eigenvalue weighted by molar-refractivity contribution is -0.124. The fourth-order valence-corrected chi connectivity index (χ4v) is 6.50. The zero-order valence-electron chi connectivity index (χ0n) is 20.1. The van der Waals surface area contributed by atoms with Crippen molar-refractivity contribution in [3.05, 3.63) is 48.3 Å². The van der Waals surface area contributed by atoms with Crippen molar-refractivity contribution < 1.29 is 13.2 Å². The number of hydrogen-bond donors (Lipinski definition) is 1. The molecule has 3 heterocycles. The molecule has 0 bridgehead atoms. The van der Waals surface area contributed by atoms with E-state index in [2.05, 4.69) is 20.1 Å². The van der Waals surface area contributed by atoms with Crippen molar-refractivity contribution >= 4 is 27.3 Å². The largest absolute Gasteiger partial charge is 0.368 e. The van der Waals surface area contributed by atoms with E-state index >= 15 is 0 Å². The molecule has 2 aliphatic heterocycles. The molecule has 1 amide bonds. The lowest BCUT2D eigenvalue weighted by Crippen LogP contribution is -2.47. The number of piperidine rings is 1. The van der Waals surface area contributed by atoms with Crippen LogP contribution in [0.15, 0.2) is 47.6 Å². The number of nitrogens with one attached hydrogen (secondary N) is 1. The van der Waals surface area contributed by atoms with E-state index in [4.69, 9.17) is 0 Å². The average molecular weight is 486 g/mol. The van der Waals surface area contributed by atoms with E-state index in [0.29, 0.717) is 31.1 Å². The monoisotopic (exact) mass is 485 g/mol. The minimum atomic E-state index is -3.96. The van der Waals surface area contributed by atoms with Gasteiger partial charge in [-0.2, -0.15) is 0 Å². The van der Waals surface area contributed by atoms with Gasteiger partial charge in [-0.05, 0) is 75.0 Å². The van der Waals surface area contributed by atoms with Crippen molar-refractivity contribution in [2.45, 2.75) is 38.0 Å². The van der Waals surface area contributed by atoms with E-state index in [9.17, 15) is 13.2 Å². The minimum absolute atomic E-state index is 0.218. The van der Waals surface area contributed by atoms with Crippen LogP contribution >= 0.6 is 0 Å². The molecule has 0 atom stereocenters. The maximum atomic E-state index is 13.8. The molecule has 2 aliphatic rings. The number of carbonyl (C=O) groups excluding carboxylic acids is 1. The number of sulfonamides is 1. The first kappa shape index (κ1) is 24.5. The van der Waals surface area contributed by atoms with Crippen LogP contribution in [0.5, 0.6) is 0 Å².